The maximum absolute atomic E-state index is 4.34. The number of benzene rings is 2. The van der Waals surface area contributed by atoms with E-state index in [0.29, 0.717) is 0 Å². The van der Waals surface area contributed by atoms with Crippen molar-refractivity contribution < 1.29 is 0 Å². The normalized spacial score (nSPS) is 14.7. The summed E-state index contributed by atoms with van der Waals surface area (Å²) in [6.07, 6.45) is 11.0. The van der Waals surface area contributed by atoms with Crippen molar-refractivity contribution in [2.24, 2.45) is 0 Å². The first-order valence-corrected chi connectivity index (χ1v) is 16.3. The Bertz CT molecular complexity index is 777. The highest BCUT2D eigenvalue weighted by atomic mass is 28.4. The molecule has 3 heteroatoms. The highest BCUT2D eigenvalue weighted by Crippen LogP contribution is 2.31. The lowest BCUT2D eigenvalue weighted by molar-refractivity contribution is 0.718. The fourth-order valence-corrected chi connectivity index (χ4v) is 14.2. The molecular formula is C25H35NSi2. The summed E-state index contributed by atoms with van der Waals surface area (Å²) in [4.78, 5) is 0. The van der Waals surface area contributed by atoms with Gasteiger partial charge in [0, 0.05) is 0 Å². The van der Waals surface area contributed by atoms with Gasteiger partial charge in [-0.05, 0) is 29.6 Å². The van der Waals surface area contributed by atoms with Crippen molar-refractivity contribution in [1.82, 2.24) is 4.65 Å². The van der Waals surface area contributed by atoms with Crippen LogP contribution >= 0.6 is 0 Å². The zero-order valence-electron chi connectivity index (χ0n) is 18.0. The zero-order chi connectivity index (χ0) is 20.0. The summed E-state index contributed by atoms with van der Waals surface area (Å²) in [5.41, 5.74) is 1.60. The second-order valence-corrected chi connectivity index (χ2v) is 17.7. The van der Waals surface area contributed by atoms with Gasteiger partial charge in [0.15, 0.2) is 0 Å². The molecule has 1 aliphatic rings. The lowest BCUT2D eigenvalue weighted by Gasteiger charge is -2.41. The van der Waals surface area contributed by atoms with Gasteiger partial charge in [-0.2, -0.15) is 0 Å². The van der Waals surface area contributed by atoms with Crippen molar-refractivity contribution in [2.45, 2.75) is 58.7 Å². The third-order valence-electron chi connectivity index (χ3n) is 5.51. The van der Waals surface area contributed by atoms with Crippen LogP contribution in [0.15, 0.2) is 83.6 Å². The molecule has 0 saturated carbocycles. The van der Waals surface area contributed by atoms with E-state index in [4.69, 9.17) is 0 Å². The number of hydrogen-bond donors (Lipinski definition) is 1. The number of rotatable bonds is 9. The topological polar surface area (TPSA) is 12.0 Å². The van der Waals surface area contributed by atoms with E-state index in [-0.39, 0.29) is 0 Å². The summed E-state index contributed by atoms with van der Waals surface area (Å²) in [5, 5.41) is 4.68. The van der Waals surface area contributed by atoms with Crippen molar-refractivity contribution in [1.29, 1.82) is 0 Å². The molecule has 0 radical (unpaired) electrons. The summed E-state index contributed by atoms with van der Waals surface area (Å²) in [6.45, 7) is 9.63. The van der Waals surface area contributed by atoms with Gasteiger partial charge in [0.25, 0.3) is 0 Å². The van der Waals surface area contributed by atoms with Crippen LogP contribution in [-0.2, 0) is 0 Å². The molecule has 0 saturated heterocycles. The van der Waals surface area contributed by atoms with Crippen LogP contribution in [0, 0.1) is 0 Å². The fraction of sp³-hybridized carbons (Fsp3) is 0.360. The minimum absolute atomic E-state index is 1.09. The van der Waals surface area contributed by atoms with Crippen LogP contribution < -0.4 is 15.0 Å². The van der Waals surface area contributed by atoms with E-state index in [1.807, 2.05) is 0 Å². The molecule has 2 aromatic rings. The Morgan fingerprint density at radius 1 is 0.821 bits per heavy atom. The van der Waals surface area contributed by atoms with Gasteiger partial charge in [-0.1, -0.05) is 123 Å². The lowest BCUT2D eigenvalue weighted by atomic mass is 10.1. The van der Waals surface area contributed by atoms with E-state index >= 15 is 0 Å². The molecule has 0 heterocycles. The average Bonchev–Trinajstić information content (AvgIpc) is 3.16. The van der Waals surface area contributed by atoms with E-state index in [1.54, 1.807) is 10.8 Å². The first-order valence-electron chi connectivity index (χ1n) is 10.8. The third kappa shape index (κ3) is 4.65. The van der Waals surface area contributed by atoms with E-state index in [9.17, 15) is 0 Å². The van der Waals surface area contributed by atoms with Crippen LogP contribution in [0.5, 0.6) is 0 Å². The van der Waals surface area contributed by atoms with E-state index in [1.165, 1.54) is 36.1 Å². The van der Waals surface area contributed by atoms with Gasteiger partial charge < -0.3 is 4.65 Å². The van der Waals surface area contributed by atoms with Gasteiger partial charge in [0.05, 0.1) is 0 Å². The van der Waals surface area contributed by atoms with E-state index in [2.05, 4.69) is 104 Å². The minimum Gasteiger partial charge on any atom is -0.349 e. The third-order valence-corrected chi connectivity index (χ3v) is 13.8. The number of hydrogen-bond acceptors (Lipinski definition) is 1. The summed E-state index contributed by atoms with van der Waals surface area (Å²) < 4.78 is 4.34. The van der Waals surface area contributed by atoms with Crippen LogP contribution in [0.2, 0.25) is 19.6 Å². The molecule has 0 aromatic heterocycles. The molecule has 0 amide bonds. The molecule has 1 N–H and O–H groups in total. The molecule has 0 aliphatic heterocycles. The minimum atomic E-state index is -2.24. The first-order chi connectivity index (χ1) is 13.5. The van der Waals surface area contributed by atoms with E-state index < -0.39 is 16.5 Å². The maximum Gasteiger partial charge on any atom is 0.212 e. The van der Waals surface area contributed by atoms with Crippen LogP contribution in [0.1, 0.15) is 39.0 Å². The Morgan fingerprint density at radius 2 is 1.39 bits per heavy atom. The van der Waals surface area contributed by atoms with Crippen LogP contribution in [0.3, 0.4) is 0 Å². The van der Waals surface area contributed by atoms with Crippen molar-refractivity contribution in [3.8, 4) is 0 Å². The predicted molar refractivity (Wildman–Crippen MR) is 129 cm³/mol. The SMILES string of the molecule is CCCCCC1=C([Si](N[Si](C)(C)C)(c2ccccc2)c2ccccc2)CC=C1. The molecule has 148 valence electrons. The van der Waals surface area contributed by atoms with Crippen molar-refractivity contribution >= 4 is 26.8 Å². The Balaban J connectivity index is 2.22. The Kier molecular flexibility index (Phi) is 6.92. The average molecular weight is 406 g/mol. The van der Waals surface area contributed by atoms with Gasteiger partial charge in [-0.15, -0.1) is 0 Å². The molecule has 1 nitrogen and oxygen atoms in total. The monoisotopic (exact) mass is 405 g/mol. The molecule has 0 unspecified atom stereocenters. The quantitative estimate of drug-likeness (QED) is 0.426. The van der Waals surface area contributed by atoms with Crippen LogP contribution in [-0.4, -0.2) is 16.5 Å². The lowest BCUT2D eigenvalue weighted by Crippen LogP contribution is -2.75. The van der Waals surface area contributed by atoms with Crippen molar-refractivity contribution in [3.05, 3.63) is 83.6 Å². The summed E-state index contributed by atoms with van der Waals surface area (Å²) in [7, 11) is -3.79. The van der Waals surface area contributed by atoms with Crippen molar-refractivity contribution in [2.75, 3.05) is 0 Å². The van der Waals surface area contributed by atoms with Gasteiger partial charge in [0.1, 0.15) is 8.24 Å². The summed E-state index contributed by atoms with van der Waals surface area (Å²) in [5.74, 6) is 0. The number of unbranched alkanes of at least 4 members (excludes halogenated alkanes) is 2. The molecule has 1 aliphatic carbocycles. The molecular weight excluding hydrogens is 370 g/mol. The molecule has 0 spiro atoms. The molecule has 3 rings (SSSR count). The Hall–Kier alpha value is -1.69. The van der Waals surface area contributed by atoms with Gasteiger partial charge >= 0.3 is 0 Å². The number of allylic oxidation sites excluding steroid dienone is 4. The Morgan fingerprint density at radius 3 is 1.89 bits per heavy atom. The highest BCUT2D eigenvalue weighted by molar-refractivity contribution is 7.11. The first kappa shape index (κ1) is 21.0. The summed E-state index contributed by atoms with van der Waals surface area (Å²) in [6, 6.07) is 22.6. The largest absolute Gasteiger partial charge is 0.349 e. The second kappa shape index (κ2) is 9.21. The molecule has 0 bridgehead atoms. The molecule has 0 fully saturated rings. The predicted octanol–water partition coefficient (Wildman–Crippen LogP) is 5.55. The summed E-state index contributed by atoms with van der Waals surface area (Å²) >= 11 is 0. The molecule has 28 heavy (non-hydrogen) atoms. The van der Waals surface area contributed by atoms with Crippen LogP contribution in [0.25, 0.3) is 0 Å². The van der Waals surface area contributed by atoms with Gasteiger partial charge in [-0.25, -0.2) is 0 Å². The number of nitrogens with one attached hydrogen (secondary N) is 1. The maximum atomic E-state index is 4.34. The fourth-order valence-electron chi connectivity index (χ4n) is 4.42. The molecule has 0 atom stereocenters. The van der Waals surface area contributed by atoms with Crippen molar-refractivity contribution in [3.63, 3.8) is 0 Å². The Labute approximate surface area is 173 Å². The van der Waals surface area contributed by atoms with E-state index in [0.717, 1.165) is 6.42 Å². The second-order valence-electron chi connectivity index (χ2n) is 8.92. The van der Waals surface area contributed by atoms with Crippen LogP contribution in [0.4, 0.5) is 0 Å². The smallest absolute Gasteiger partial charge is 0.212 e. The van der Waals surface area contributed by atoms with Gasteiger partial charge in [-0.3, -0.25) is 0 Å². The highest BCUT2D eigenvalue weighted by Gasteiger charge is 2.45. The zero-order valence-corrected chi connectivity index (χ0v) is 20.0. The molecule has 2 aromatic carbocycles. The standard InChI is InChI=1S/C25H35NSi2/c1-5-6-9-15-22-16-14-21-25(22)28(26-27(2,3)4,23-17-10-7-11-18-23)24-19-12-8-13-20-24/h7-8,10-14,16-20,26H,5-6,9,15,21H2,1-4H3. The van der Waals surface area contributed by atoms with Gasteiger partial charge in [0.2, 0.25) is 8.24 Å².